The summed E-state index contributed by atoms with van der Waals surface area (Å²) in [5, 5.41) is 2.24. The Hall–Kier alpha value is -8.53. The number of aryl methyl sites for hydroxylation is 2. The highest BCUT2D eigenvalue weighted by Gasteiger charge is 2.32. The second-order valence-corrected chi connectivity index (χ2v) is 32.1. The molecule has 0 unspecified atom stereocenters. The summed E-state index contributed by atoms with van der Waals surface area (Å²) < 4.78 is 137. The highest BCUT2D eigenvalue weighted by atomic mass is 32.2. The van der Waals surface area contributed by atoms with Crippen LogP contribution in [0.5, 0.6) is 0 Å². The number of aromatic nitrogens is 6. The summed E-state index contributed by atoms with van der Waals surface area (Å²) in [6.07, 6.45) is 12.1. The first-order valence-corrected chi connectivity index (χ1v) is 37.8. The fourth-order valence-corrected chi connectivity index (χ4v) is 19.7. The van der Waals surface area contributed by atoms with Gasteiger partial charge in [0.15, 0.2) is 17.6 Å². The number of rotatable bonds is 16. The highest BCUT2D eigenvalue weighted by Crippen LogP contribution is 2.37. The summed E-state index contributed by atoms with van der Waals surface area (Å²) >= 11 is 0. The van der Waals surface area contributed by atoms with Crippen molar-refractivity contribution in [3.05, 3.63) is 206 Å². The van der Waals surface area contributed by atoms with Crippen molar-refractivity contribution in [1.82, 2.24) is 40.8 Å². The van der Waals surface area contributed by atoms with Crippen molar-refractivity contribution in [2.45, 2.75) is 105 Å². The van der Waals surface area contributed by atoms with E-state index >= 15 is 0 Å². The van der Waals surface area contributed by atoms with Gasteiger partial charge in [0.05, 0.1) is 30.2 Å². The summed E-state index contributed by atoms with van der Waals surface area (Å²) in [5.74, 6) is 0. The Balaban J connectivity index is 0.000000156. The van der Waals surface area contributed by atoms with E-state index in [0.29, 0.717) is 90.1 Å². The number of aldehydes is 1. The molecule has 3 aliphatic heterocycles. The minimum Gasteiger partial charge on any atom is -0.343 e. The maximum absolute atomic E-state index is 13.5. The highest BCUT2D eigenvalue weighted by molar-refractivity contribution is 7.91. The molecule has 0 bridgehead atoms. The van der Waals surface area contributed by atoms with Crippen molar-refractivity contribution in [2.24, 2.45) is 0 Å². The zero-order chi connectivity index (χ0) is 65.3. The number of fused-ring (bicyclic) bond motifs is 3. The molecule has 3 aliphatic rings. The van der Waals surface area contributed by atoms with Gasteiger partial charge < -0.3 is 4.98 Å². The molecule has 95 heavy (non-hydrogen) atoms. The van der Waals surface area contributed by atoms with Gasteiger partial charge in [-0.05, 0) is 182 Å². The van der Waals surface area contributed by atoms with Gasteiger partial charge in [-0.15, -0.1) is 0 Å². The van der Waals surface area contributed by atoms with Crippen molar-refractivity contribution >= 4 is 89.5 Å². The van der Waals surface area contributed by atoms with Crippen LogP contribution in [0, 0.1) is 0 Å². The first-order valence-electron chi connectivity index (χ1n) is 30.6. The van der Waals surface area contributed by atoms with Gasteiger partial charge >= 0.3 is 0 Å². The molecule has 11 aromatic rings. The number of carbonyl (C=O) groups is 1. The molecule has 3 saturated heterocycles. The third kappa shape index (κ3) is 13.4. The molecule has 9 heterocycles. The molecular weight excluding hydrogens is 1300 g/mol. The molecule has 1 N–H and O–H groups in total. The minimum atomic E-state index is -4.06. The van der Waals surface area contributed by atoms with Crippen LogP contribution in [0.25, 0.3) is 66.5 Å². The number of hydrogen-bond acceptors (Lipinski definition) is 14. The van der Waals surface area contributed by atoms with Crippen LogP contribution in [-0.4, -0.2) is 128 Å². The normalized spacial score (nSPS) is 15.0. The number of nitrogens with zero attached hydrogens (tertiary/aromatic N) is 8. The van der Waals surface area contributed by atoms with Crippen molar-refractivity contribution < 1.29 is 46.9 Å². The smallest absolute Gasteiger partial charge is 0.270 e. The van der Waals surface area contributed by atoms with E-state index < -0.39 is 50.1 Å². The summed E-state index contributed by atoms with van der Waals surface area (Å²) in [4.78, 5) is 29.3. The number of hydrogen-bond donors (Lipinski definition) is 1. The van der Waals surface area contributed by atoms with Gasteiger partial charge in [0.1, 0.15) is 5.65 Å². The Morgan fingerprint density at radius 3 is 1.12 bits per heavy atom. The van der Waals surface area contributed by atoms with Crippen LogP contribution in [0.1, 0.15) is 89.1 Å². The number of carbonyl (C=O) groups excluding carboxylic acids is 1. The zero-order valence-electron chi connectivity index (χ0n) is 51.0. The lowest BCUT2D eigenvalue weighted by Crippen LogP contribution is -2.27. The molecule has 0 saturated carbocycles. The molecule has 3 fully saturated rings. The van der Waals surface area contributed by atoms with E-state index in [2.05, 4.69) is 32.9 Å². The SMILES string of the molecule is C.C.CCc1cc2c(-c3ccc(S(=O)(=O)N4CCCC4)cc3)ccnc2[nH]1.CCc1cc2c(-c3ccc(S(=O)(=O)N4CCCC4)cc3)ccnc2n1S(=O)(=O)c1ccccc1.O=Cc1cc2c(-c3ccc(S(=O)(=O)N4CCCC4)cc3)ccnc2n1S(=O)(=O)c1ccccc1. The second kappa shape index (κ2) is 28.4. The summed E-state index contributed by atoms with van der Waals surface area (Å²) in [7, 11) is -18.3. The van der Waals surface area contributed by atoms with Crippen LogP contribution in [0.4, 0.5) is 0 Å². The van der Waals surface area contributed by atoms with E-state index in [-0.39, 0.29) is 45.8 Å². The number of H-pyrrole nitrogens is 1. The molecule has 5 aromatic carbocycles. The largest absolute Gasteiger partial charge is 0.343 e. The number of pyridine rings is 3. The summed E-state index contributed by atoms with van der Waals surface area (Å²) in [5.41, 5.74) is 8.03. The van der Waals surface area contributed by atoms with E-state index in [4.69, 9.17) is 0 Å². The molecule has 496 valence electrons. The van der Waals surface area contributed by atoms with E-state index in [9.17, 15) is 46.9 Å². The van der Waals surface area contributed by atoms with Crippen LogP contribution in [0.15, 0.2) is 213 Å². The molecule has 0 aliphatic carbocycles. The summed E-state index contributed by atoms with van der Waals surface area (Å²) in [6, 6.07) is 47.5. The van der Waals surface area contributed by atoms with Gasteiger partial charge in [0.2, 0.25) is 30.1 Å². The molecule has 6 aromatic heterocycles. The van der Waals surface area contributed by atoms with Crippen LogP contribution >= 0.6 is 0 Å². The lowest BCUT2D eigenvalue weighted by atomic mass is 10.0. The van der Waals surface area contributed by atoms with E-state index in [0.717, 1.165) is 87.9 Å². The molecule has 14 rings (SSSR count). The van der Waals surface area contributed by atoms with Gasteiger partial charge in [-0.25, -0.2) is 65.0 Å². The van der Waals surface area contributed by atoms with Gasteiger partial charge in [-0.3, -0.25) is 4.79 Å². The Bertz CT molecular complexity index is 5170. The molecule has 0 radical (unpaired) electrons. The third-order valence-electron chi connectivity index (χ3n) is 17.0. The van der Waals surface area contributed by atoms with Crippen molar-refractivity contribution in [3.63, 3.8) is 0 Å². The van der Waals surface area contributed by atoms with Gasteiger partial charge in [-0.1, -0.05) is 101 Å². The second-order valence-electron chi connectivity index (χ2n) is 22.7. The Morgan fingerprint density at radius 2 is 0.737 bits per heavy atom. The molecular formula is C70H75N9O11S5. The maximum atomic E-state index is 13.5. The minimum absolute atomic E-state index is 0. The predicted octanol–water partition coefficient (Wildman–Crippen LogP) is 12.7. The molecule has 20 nitrogen and oxygen atoms in total. The Kier molecular flexibility index (Phi) is 20.7. The van der Waals surface area contributed by atoms with Crippen LogP contribution in [0.2, 0.25) is 0 Å². The fraction of sp³-hybridized carbons (Fsp3) is 0.257. The standard InChI is InChI=1S/C25H25N3O4S2.C24H21N3O5S2.C19H21N3O2S.2CH4/c1-2-20-18-24-23(19-10-12-22(13-11-19)33(29,30)27-16-6-7-17-27)14-15-26-25(24)28(20)34(31,32)21-8-4-3-5-9-21;28-17-19-16-23-22(18-8-10-21(11-9-18)33(29,30)26-14-4-5-15-26)12-13-25-24(23)27(19)34(31,32)20-6-2-1-3-7-20;1-2-15-13-18-17(9-10-20-19(18)21-15)14-5-7-16(8-6-14)25(23,24)22-11-3-4-12-22;;/h3-5,8-15,18H,2,6-7,16-17H2,1H3;1-3,6-13,16-17H,4-5,14-15H2;5-10,13H,2-4,11-12H2,1H3,(H,20,21);2*1H4. The van der Waals surface area contributed by atoms with Crippen LogP contribution < -0.4 is 0 Å². The van der Waals surface area contributed by atoms with E-state index in [1.54, 1.807) is 132 Å². The molecule has 0 amide bonds. The lowest BCUT2D eigenvalue weighted by molar-refractivity contribution is 0.111. The summed E-state index contributed by atoms with van der Waals surface area (Å²) in [6.45, 7) is 7.40. The number of aromatic amines is 1. The monoisotopic (exact) mass is 1380 g/mol. The number of benzene rings is 5. The average Bonchev–Trinajstić information content (AvgIpc) is 1.62. The van der Waals surface area contributed by atoms with Crippen LogP contribution in [0.3, 0.4) is 0 Å². The van der Waals surface area contributed by atoms with Crippen LogP contribution in [-0.2, 0) is 63.0 Å². The van der Waals surface area contributed by atoms with Crippen molar-refractivity contribution in [1.29, 1.82) is 0 Å². The Morgan fingerprint density at radius 1 is 0.389 bits per heavy atom. The van der Waals surface area contributed by atoms with Gasteiger partial charge in [0, 0.05) is 85.4 Å². The zero-order valence-corrected chi connectivity index (χ0v) is 55.1. The van der Waals surface area contributed by atoms with Gasteiger partial charge in [0.25, 0.3) is 20.0 Å². The number of sulfonamides is 3. The van der Waals surface area contributed by atoms with Crippen molar-refractivity contribution in [2.75, 3.05) is 39.3 Å². The maximum Gasteiger partial charge on any atom is 0.270 e. The third-order valence-corrected chi connectivity index (χ3v) is 26.3. The number of nitrogens with one attached hydrogen (secondary N) is 1. The van der Waals surface area contributed by atoms with Crippen molar-refractivity contribution in [3.8, 4) is 33.4 Å². The average molecular weight is 1380 g/mol. The molecule has 0 atom stereocenters. The Labute approximate surface area is 556 Å². The quantitative estimate of drug-likeness (QED) is 0.0882. The predicted molar refractivity (Wildman–Crippen MR) is 372 cm³/mol. The molecule has 25 heteroatoms. The lowest BCUT2D eigenvalue weighted by Gasteiger charge is -2.15. The molecule has 0 spiro atoms. The van der Waals surface area contributed by atoms with E-state index in [1.165, 1.54) is 37.0 Å². The first-order chi connectivity index (χ1) is 44.8. The first kappa shape index (κ1) is 69.3. The fourth-order valence-electron chi connectivity index (χ4n) is 12.1. The van der Waals surface area contributed by atoms with Gasteiger partial charge in [-0.2, -0.15) is 12.9 Å². The topological polar surface area (TPSA) is 262 Å². The van der Waals surface area contributed by atoms with E-state index in [1.807, 2.05) is 37.3 Å².